The van der Waals surface area contributed by atoms with Gasteiger partial charge in [0, 0.05) is 23.8 Å². The van der Waals surface area contributed by atoms with Crippen LogP contribution in [0.25, 0.3) is 0 Å². The van der Waals surface area contributed by atoms with Gasteiger partial charge in [-0.2, -0.15) is 0 Å². The molecule has 1 aliphatic heterocycles. The zero-order valence-electron chi connectivity index (χ0n) is 11.2. The Morgan fingerprint density at radius 2 is 2.05 bits per heavy atom. The molecular formula is C16H17ClN2O. The fraction of sp³-hybridized carbons (Fsp3) is 0.250. The summed E-state index contributed by atoms with van der Waals surface area (Å²) >= 11 is 6.28. The minimum absolute atomic E-state index is 0.693. The van der Waals surface area contributed by atoms with E-state index in [1.807, 2.05) is 30.3 Å². The minimum atomic E-state index is 0.693. The van der Waals surface area contributed by atoms with Gasteiger partial charge < -0.3 is 15.4 Å². The molecule has 1 aliphatic rings. The van der Waals surface area contributed by atoms with E-state index in [0.717, 1.165) is 43.1 Å². The maximum Gasteiger partial charge on any atom is 0.142 e. The summed E-state index contributed by atoms with van der Waals surface area (Å²) in [7, 11) is 0. The lowest BCUT2D eigenvalue weighted by Gasteiger charge is -2.24. The van der Waals surface area contributed by atoms with Crippen molar-refractivity contribution in [3.05, 3.63) is 53.1 Å². The molecule has 20 heavy (non-hydrogen) atoms. The van der Waals surface area contributed by atoms with E-state index in [-0.39, 0.29) is 0 Å². The van der Waals surface area contributed by atoms with Crippen molar-refractivity contribution in [2.75, 3.05) is 23.8 Å². The van der Waals surface area contributed by atoms with Crippen LogP contribution in [-0.4, -0.2) is 13.2 Å². The summed E-state index contributed by atoms with van der Waals surface area (Å²) in [4.78, 5) is 2.31. The Kier molecular flexibility index (Phi) is 3.70. The molecule has 0 saturated heterocycles. The number of hydrogen-bond acceptors (Lipinski definition) is 3. The fourth-order valence-corrected chi connectivity index (χ4v) is 2.71. The lowest BCUT2D eigenvalue weighted by Crippen LogP contribution is -2.23. The lowest BCUT2D eigenvalue weighted by molar-refractivity contribution is 0.322. The van der Waals surface area contributed by atoms with Crippen molar-refractivity contribution in [1.29, 1.82) is 0 Å². The normalized spacial score (nSPS) is 14.3. The number of nitrogens with two attached hydrogens (primary N) is 1. The maximum absolute atomic E-state index is 6.28. The molecule has 2 aromatic rings. The van der Waals surface area contributed by atoms with E-state index in [0.29, 0.717) is 10.7 Å². The van der Waals surface area contributed by atoms with Gasteiger partial charge >= 0.3 is 0 Å². The van der Waals surface area contributed by atoms with Gasteiger partial charge in [-0.25, -0.2) is 0 Å². The van der Waals surface area contributed by atoms with Gasteiger partial charge in [0.25, 0.3) is 0 Å². The highest BCUT2D eigenvalue weighted by atomic mass is 35.5. The van der Waals surface area contributed by atoms with Crippen molar-refractivity contribution in [2.24, 2.45) is 0 Å². The second kappa shape index (κ2) is 5.63. The van der Waals surface area contributed by atoms with Gasteiger partial charge in [0.2, 0.25) is 0 Å². The summed E-state index contributed by atoms with van der Waals surface area (Å²) in [6.45, 7) is 2.47. The molecule has 104 valence electrons. The number of nitrogen functional groups attached to an aromatic ring is 1. The third kappa shape index (κ3) is 2.68. The van der Waals surface area contributed by atoms with E-state index in [4.69, 9.17) is 22.1 Å². The van der Waals surface area contributed by atoms with Crippen LogP contribution in [0.2, 0.25) is 5.02 Å². The van der Waals surface area contributed by atoms with Crippen molar-refractivity contribution in [3.63, 3.8) is 0 Å². The van der Waals surface area contributed by atoms with Gasteiger partial charge in [-0.05, 0) is 36.2 Å². The van der Waals surface area contributed by atoms with Crippen LogP contribution in [0.15, 0.2) is 42.5 Å². The Labute approximate surface area is 123 Å². The molecule has 3 rings (SSSR count). The van der Waals surface area contributed by atoms with Crippen molar-refractivity contribution < 1.29 is 4.74 Å². The van der Waals surface area contributed by atoms with Crippen LogP contribution < -0.4 is 15.4 Å². The van der Waals surface area contributed by atoms with Crippen LogP contribution in [0.5, 0.6) is 5.75 Å². The van der Waals surface area contributed by atoms with Gasteiger partial charge in [0.15, 0.2) is 0 Å². The monoisotopic (exact) mass is 288 g/mol. The zero-order valence-corrected chi connectivity index (χ0v) is 11.9. The SMILES string of the molecule is Nc1ccc(CN2CCCOc3ccccc32)c(Cl)c1. The molecule has 2 aromatic carbocycles. The van der Waals surface area contributed by atoms with E-state index in [1.165, 1.54) is 0 Å². The van der Waals surface area contributed by atoms with Gasteiger partial charge in [0.1, 0.15) is 5.75 Å². The minimum Gasteiger partial charge on any atom is -0.491 e. The topological polar surface area (TPSA) is 38.5 Å². The maximum atomic E-state index is 6.28. The predicted molar refractivity (Wildman–Crippen MR) is 83.5 cm³/mol. The van der Waals surface area contributed by atoms with Crippen molar-refractivity contribution in [3.8, 4) is 5.75 Å². The number of rotatable bonds is 2. The average molecular weight is 289 g/mol. The largest absolute Gasteiger partial charge is 0.491 e. The number of nitrogens with zero attached hydrogens (tertiary/aromatic N) is 1. The molecule has 0 unspecified atom stereocenters. The van der Waals surface area contributed by atoms with Gasteiger partial charge in [-0.1, -0.05) is 29.8 Å². The van der Waals surface area contributed by atoms with E-state index < -0.39 is 0 Å². The Balaban J connectivity index is 1.90. The second-order valence-electron chi connectivity index (χ2n) is 4.94. The molecule has 0 radical (unpaired) electrons. The summed E-state index contributed by atoms with van der Waals surface area (Å²) in [5.74, 6) is 0.941. The third-order valence-corrected chi connectivity index (χ3v) is 3.83. The molecule has 0 spiro atoms. The molecule has 0 aliphatic carbocycles. The number of benzene rings is 2. The molecule has 0 bridgehead atoms. The molecule has 0 fully saturated rings. The quantitative estimate of drug-likeness (QED) is 0.856. The van der Waals surface area contributed by atoms with Crippen LogP contribution in [-0.2, 0) is 6.54 Å². The second-order valence-corrected chi connectivity index (χ2v) is 5.35. The summed E-state index contributed by atoms with van der Waals surface area (Å²) in [6.07, 6.45) is 1.00. The highest BCUT2D eigenvalue weighted by molar-refractivity contribution is 6.31. The summed E-state index contributed by atoms with van der Waals surface area (Å²) < 4.78 is 5.77. The van der Waals surface area contributed by atoms with Crippen LogP contribution in [0.4, 0.5) is 11.4 Å². The first-order valence-corrected chi connectivity index (χ1v) is 7.12. The predicted octanol–water partition coefficient (Wildman–Crippen LogP) is 3.71. The molecule has 1 heterocycles. The van der Waals surface area contributed by atoms with Gasteiger partial charge in [0.05, 0.1) is 12.3 Å². The molecule has 2 N–H and O–H groups in total. The fourth-order valence-electron chi connectivity index (χ4n) is 2.46. The Bertz CT molecular complexity index is 615. The van der Waals surface area contributed by atoms with E-state index >= 15 is 0 Å². The molecular weight excluding hydrogens is 272 g/mol. The number of anilines is 2. The highest BCUT2D eigenvalue weighted by Crippen LogP contribution is 2.32. The van der Waals surface area contributed by atoms with Crippen LogP contribution in [0, 0.1) is 0 Å². The summed E-state index contributed by atoms with van der Waals surface area (Å²) in [6, 6.07) is 13.8. The zero-order chi connectivity index (χ0) is 13.9. The van der Waals surface area contributed by atoms with Gasteiger partial charge in [-0.15, -0.1) is 0 Å². The lowest BCUT2D eigenvalue weighted by atomic mass is 10.1. The Hall–Kier alpha value is -1.87. The smallest absolute Gasteiger partial charge is 0.142 e. The van der Waals surface area contributed by atoms with E-state index in [9.17, 15) is 0 Å². The van der Waals surface area contributed by atoms with Crippen molar-refractivity contribution in [2.45, 2.75) is 13.0 Å². The van der Waals surface area contributed by atoms with Crippen LogP contribution in [0.1, 0.15) is 12.0 Å². The first-order valence-electron chi connectivity index (χ1n) is 6.75. The average Bonchev–Trinajstić information content (AvgIpc) is 2.65. The molecule has 0 amide bonds. The molecule has 0 aromatic heterocycles. The van der Waals surface area contributed by atoms with Crippen LogP contribution in [0.3, 0.4) is 0 Å². The Morgan fingerprint density at radius 1 is 1.20 bits per heavy atom. The highest BCUT2D eigenvalue weighted by Gasteiger charge is 2.16. The molecule has 0 saturated carbocycles. The summed E-state index contributed by atoms with van der Waals surface area (Å²) in [5.41, 5.74) is 8.64. The van der Waals surface area contributed by atoms with Crippen molar-refractivity contribution >= 4 is 23.0 Å². The van der Waals surface area contributed by atoms with Gasteiger partial charge in [-0.3, -0.25) is 0 Å². The number of hydrogen-bond donors (Lipinski definition) is 1. The number of ether oxygens (including phenoxy) is 1. The number of para-hydroxylation sites is 2. The van der Waals surface area contributed by atoms with Crippen LogP contribution >= 0.6 is 11.6 Å². The molecule has 4 heteroatoms. The standard InChI is InChI=1S/C16H17ClN2O/c17-14-10-13(18)7-6-12(14)11-19-8-3-9-20-16-5-2-1-4-15(16)19/h1-2,4-7,10H,3,8-9,11,18H2. The summed E-state index contributed by atoms with van der Waals surface area (Å²) in [5, 5.41) is 0.715. The third-order valence-electron chi connectivity index (χ3n) is 3.47. The Morgan fingerprint density at radius 3 is 2.90 bits per heavy atom. The van der Waals surface area contributed by atoms with E-state index in [2.05, 4.69) is 11.0 Å². The van der Waals surface area contributed by atoms with E-state index in [1.54, 1.807) is 6.07 Å². The first kappa shape index (κ1) is 13.1. The molecule has 0 atom stereocenters. The number of halogens is 1. The number of fused-ring (bicyclic) bond motifs is 1. The molecule has 3 nitrogen and oxygen atoms in total. The van der Waals surface area contributed by atoms with Crippen molar-refractivity contribution in [1.82, 2.24) is 0 Å². The first-order chi connectivity index (χ1) is 9.74.